The highest BCUT2D eigenvalue weighted by molar-refractivity contribution is 7.92. The highest BCUT2D eigenvalue weighted by Gasteiger charge is 2.18. The third-order valence-electron chi connectivity index (χ3n) is 4.56. The summed E-state index contributed by atoms with van der Waals surface area (Å²) in [5.41, 5.74) is 1.56. The fourth-order valence-electron chi connectivity index (χ4n) is 3.09. The molecule has 4 aromatic rings. The number of rotatable bonds is 7. The molecule has 0 unspecified atom stereocenters. The van der Waals surface area contributed by atoms with Gasteiger partial charge in [-0.3, -0.25) is 4.72 Å². The fourth-order valence-corrected chi connectivity index (χ4v) is 4.15. The summed E-state index contributed by atoms with van der Waals surface area (Å²) in [6.07, 6.45) is 1.56. The molecule has 2 heterocycles. The summed E-state index contributed by atoms with van der Waals surface area (Å²) >= 11 is 0. The lowest BCUT2D eigenvalue weighted by Gasteiger charge is -2.12. The summed E-state index contributed by atoms with van der Waals surface area (Å²) in [6.45, 7) is 0. The van der Waals surface area contributed by atoms with Gasteiger partial charge in [0, 0.05) is 5.56 Å². The van der Waals surface area contributed by atoms with Gasteiger partial charge in [0.15, 0.2) is 23.0 Å². The number of methoxy groups -OCH3 is 3. The topological polar surface area (TPSA) is 104 Å². The van der Waals surface area contributed by atoms with Gasteiger partial charge in [-0.2, -0.15) is 0 Å². The minimum absolute atomic E-state index is 0.173. The maximum Gasteiger partial charge on any atom is 0.261 e. The summed E-state index contributed by atoms with van der Waals surface area (Å²) in [4.78, 5) is 4.68. The Hall–Kier alpha value is -3.79. The van der Waals surface area contributed by atoms with Gasteiger partial charge in [0.25, 0.3) is 10.0 Å². The van der Waals surface area contributed by atoms with Crippen LogP contribution >= 0.6 is 0 Å². The molecule has 2 aromatic heterocycles. The average molecular weight is 440 g/mol. The Morgan fingerprint density at radius 3 is 2.19 bits per heavy atom. The smallest absolute Gasteiger partial charge is 0.261 e. The van der Waals surface area contributed by atoms with Crippen molar-refractivity contribution in [2.75, 3.05) is 26.1 Å². The van der Waals surface area contributed by atoms with Crippen molar-refractivity contribution in [1.82, 2.24) is 14.6 Å². The summed E-state index contributed by atoms with van der Waals surface area (Å²) in [5, 5.41) is 4.47. The van der Waals surface area contributed by atoms with Crippen molar-refractivity contribution in [2.24, 2.45) is 0 Å². The summed E-state index contributed by atoms with van der Waals surface area (Å²) in [7, 11) is 0.880. The number of fused-ring (bicyclic) bond motifs is 1. The standard InChI is InChI=1S/C21H20N4O5S/c1-28-17-11-14(12-18(29-2)20(17)30-3)21-22-19-10-9-15(13-25(19)23-21)24-31(26,27)16-7-5-4-6-8-16/h4-13,24H,1-3H3. The molecule has 0 spiro atoms. The first-order chi connectivity index (χ1) is 14.9. The van der Waals surface area contributed by atoms with Gasteiger partial charge in [0.1, 0.15) is 0 Å². The van der Waals surface area contributed by atoms with Gasteiger partial charge in [-0.1, -0.05) is 18.2 Å². The summed E-state index contributed by atoms with van der Waals surface area (Å²) in [5.74, 6) is 1.84. The predicted octanol–water partition coefficient (Wildman–Crippen LogP) is 3.22. The molecular formula is C21H20N4O5S. The zero-order valence-corrected chi connectivity index (χ0v) is 17.9. The molecule has 0 bridgehead atoms. The SMILES string of the molecule is COc1cc(-c2nc3ccc(NS(=O)(=O)c4ccccc4)cn3n2)cc(OC)c1OC. The first kappa shape index (κ1) is 20.5. The van der Waals surface area contributed by atoms with E-state index in [-0.39, 0.29) is 4.90 Å². The van der Waals surface area contributed by atoms with E-state index < -0.39 is 10.0 Å². The maximum atomic E-state index is 12.6. The quantitative estimate of drug-likeness (QED) is 0.470. The van der Waals surface area contributed by atoms with E-state index in [1.807, 2.05) is 0 Å². The molecule has 4 rings (SSSR count). The third-order valence-corrected chi connectivity index (χ3v) is 5.96. The van der Waals surface area contributed by atoms with E-state index in [0.717, 1.165) is 0 Å². The van der Waals surface area contributed by atoms with E-state index in [9.17, 15) is 8.42 Å². The molecular weight excluding hydrogens is 420 g/mol. The Balaban J connectivity index is 1.70. The Morgan fingerprint density at radius 2 is 1.58 bits per heavy atom. The Bertz CT molecular complexity index is 1310. The Labute approximate surface area is 179 Å². The van der Waals surface area contributed by atoms with Crippen molar-refractivity contribution in [3.63, 3.8) is 0 Å². The van der Waals surface area contributed by atoms with Gasteiger partial charge >= 0.3 is 0 Å². The third kappa shape index (κ3) is 3.97. The molecule has 10 heteroatoms. The molecule has 0 aliphatic rings. The predicted molar refractivity (Wildman–Crippen MR) is 115 cm³/mol. The second-order valence-electron chi connectivity index (χ2n) is 6.49. The first-order valence-corrected chi connectivity index (χ1v) is 10.7. The van der Waals surface area contributed by atoms with Crippen LogP contribution in [0.15, 0.2) is 65.7 Å². The van der Waals surface area contributed by atoms with Crippen LogP contribution in [0.1, 0.15) is 0 Å². The van der Waals surface area contributed by atoms with Crippen LogP contribution in [-0.4, -0.2) is 44.3 Å². The number of hydrogen-bond donors (Lipinski definition) is 1. The largest absolute Gasteiger partial charge is 0.493 e. The second kappa shape index (κ2) is 8.15. The van der Waals surface area contributed by atoms with Crippen molar-refractivity contribution >= 4 is 21.4 Å². The molecule has 0 atom stereocenters. The Kier molecular flexibility index (Phi) is 5.38. The molecule has 0 aliphatic carbocycles. The lowest BCUT2D eigenvalue weighted by molar-refractivity contribution is 0.324. The van der Waals surface area contributed by atoms with Crippen molar-refractivity contribution in [3.05, 3.63) is 60.8 Å². The molecule has 31 heavy (non-hydrogen) atoms. The molecule has 0 fully saturated rings. The first-order valence-electron chi connectivity index (χ1n) is 9.20. The van der Waals surface area contributed by atoms with Gasteiger partial charge in [0.05, 0.1) is 38.1 Å². The molecule has 0 saturated carbocycles. The van der Waals surface area contributed by atoms with Crippen molar-refractivity contribution in [3.8, 4) is 28.6 Å². The molecule has 9 nitrogen and oxygen atoms in total. The van der Waals surface area contributed by atoms with Gasteiger partial charge < -0.3 is 14.2 Å². The minimum atomic E-state index is -3.71. The Morgan fingerprint density at radius 1 is 0.903 bits per heavy atom. The number of aromatic nitrogens is 3. The lowest BCUT2D eigenvalue weighted by atomic mass is 10.1. The van der Waals surface area contributed by atoms with E-state index in [1.165, 1.54) is 38.0 Å². The summed E-state index contributed by atoms with van der Waals surface area (Å²) in [6, 6.07) is 14.9. The molecule has 2 aromatic carbocycles. The molecule has 1 N–H and O–H groups in total. The second-order valence-corrected chi connectivity index (χ2v) is 8.17. The van der Waals surface area contributed by atoms with Crippen LogP contribution in [0.25, 0.3) is 17.0 Å². The molecule has 160 valence electrons. The van der Waals surface area contributed by atoms with Crippen LogP contribution in [0.3, 0.4) is 0 Å². The van der Waals surface area contributed by atoms with Crippen LogP contribution in [0, 0.1) is 0 Å². The van der Waals surface area contributed by atoms with Crippen molar-refractivity contribution in [1.29, 1.82) is 0 Å². The van der Waals surface area contributed by atoms with Gasteiger partial charge in [0.2, 0.25) is 5.75 Å². The number of nitrogens with zero attached hydrogens (tertiary/aromatic N) is 3. The number of anilines is 1. The molecule has 0 saturated heterocycles. The molecule has 0 amide bonds. The average Bonchev–Trinajstić information content (AvgIpc) is 3.21. The van der Waals surface area contributed by atoms with E-state index in [0.29, 0.717) is 40.0 Å². The lowest BCUT2D eigenvalue weighted by Crippen LogP contribution is -2.13. The number of pyridine rings is 1. The van der Waals surface area contributed by atoms with E-state index in [1.54, 1.807) is 48.7 Å². The summed E-state index contributed by atoms with van der Waals surface area (Å²) < 4.78 is 45.3. The van der Waals surface area contributed by atoms with Crippen LogP contribution in [0.5, 0.6) is 17.2 Å². The number of ether oxygens (including phenoxy) is 3. The van der Waals surface area contributed by atoms with Crippen LogP contribution in [-0.2, 0) is 10.0 Å². The minimum Gasteiger partial charge on any atom is -0.493 e. The van der Waals surface area contributed by atoms with Gasteiger partial charge in [-0.05, 0) is 36.4 Å². The number of sulfonamides is 1. The van der Waals surface area contributed by atoms with Gasteiger partial charge in [-0.15, -0.1) is 5.10 Å². The molecule has 0 aliphatic heterocycles. The van der Waals surface area contributed by atoms with Crippen molar-refractivity contribution < 1.29 is 22.6 Å². The van der Waals surface area contributed by atoms with E-state index in [4.69, 9.17) is 14.2 Å². The number of nitrogens with one attached hydrogen (secondary N) is 1. The number of benzene rings is 2. The van der Waals surface area contributed by atoms with Crippen LogP contribution in [0.4, 0.5) is 5.69 Å². The highest BCUT2D eigenvalue weighted by Crippen LogP contribution is 2.40. The zero-order valence-electron chi connectivity index (χ0n) is 17.1. The molecule has 0 radical (unpaired) electrons. The van der Waals surface area contributed by atoms with Crippen LogP contribution in [0.2, 0.25) is 0 Å². The number of hydrogen-bond acceptors (Lipinski definition) is 7. The fraction of sp³-hybridized carbons (Fsp3) is 0.143. The highest BCUT2D eigenvalue weighted by atomic mass is 32.2. The normalized spacial score (nSPS) is 11.3. The van der Waals surface area contributed by atoms with Crippen LogP contribution < -0.4 is 18.9 Å². The maximum absolute atomic E-state index is 12.6. The van der Waals surface area contributed by atoms with E-state index in [2.05, 4.69) is 14.8 Å². The van der Waals surface area contributed by atoms with E-state index >= 15 is 0 Å². The van der Waals surface area contributed by atoms with Gasteiger partial charge in [-0.25, -0.2) is 17.9 Å². The zero-order chi connectivity index (χ0) is 22.0. The monoisotopic (exact) mass is 440 g/mol. The van der Waals surface area contributed by atoms with Crippen molar-refractivity contribution in [2.45, 2.75) is 4.90 Å².